The summed E-state index contributed by atoms with van der Waals surface area (Å²) in [5, 5.41) is 0. The molecular formula is C15H20. The van der Waals surface area contributed by atoms with Gasteiger partial charge in [0.15, 0.2) is 0 Å². The predicted octanol–water partition coefficient (Wildman–Crippen LogP) is 4.23. The first-order valence-corrected chi connectivity index (χ1v) is 6.06. The summed E-state index contributed by atoms with van der Waals surface area (Å²) in [6, 6.07) is 6.94. The Morgan fingerprint density at radius 2 is 1.80 bits per heavy atom. The molecule has 0 heterocycles. The van der Waals surface area contributed by atoms with E-state index in [0.717, 1.165) is 0 Å². The van der Waals surface area contributed by atoms with Crippen LogP contribution in [0.4, 0.5) is 0 Å². The molecule has 0 unspecified atom stereocenters. The van der Waals surface area contributed by atoms with Gasteiger partial charge in [0.25, 0.3) is 0 Å². The van der Waals surface area contributed by atoms with Crippen molar-refractivity contribution in [2.24, 2.45) is 5.92 Å². The second-order valence-corrected chi connectivity index (χ2v) is 4.84. The van der Waals surface area contributed by atoms with Crippen LogP contribution < -0.4 is 0 Å². The van der Waals surface area contributed by atoms with Crippen LogP contribution in [0.5, 0.6) is 0 Å². The number of benzene rings is 1. The van der Waals surface area contributed by atoms with Crippen LogP contribution in [0.2, 0.25) is 0 Å². The maximum atomic E-state index is 2.37. The van der Waals surface area contributed by atoms with Crippen LogP contribution in [0.15, 0.2) is 24.3 Å². The van der Waals surface area contributed by atoms with Crippen LogP contribution in [0.1, 0.15) is 43.4 Å². The number of allylic oxidation sites excluding steroid dienone is 1. The normalized spacial score (nSPS) is 15.9. The summed E-state index contributed by atoms with van der Waals surface area (Å²) in [4.78, 5) is 0. The molecule has 0 nitrogen and oxygen atoms in total. The lowest BCUT2D eigenvalue weighted by molar-refractivity contribution is 0.685. The van der Waals surface area contributed by atoms with Crippen LogP contribution in [0, 0.1) is 5.92 Å². The van der Waals surface area contributed by atoms with Gasteiger partial charge in [-0.1, -0.05) is 44.2 Å². The molecule has 1 aromatic rings. The van der Waals surface area contributed by atoms with E-state index in [0.29, 0.717) is 5.92 Å². The molecule has 0 saturated carbocycles. The van der Waals surface area contributed by atoms with E-state index in [1.54, 1.807) is 11.1 Å². The van der Waals surface area contributed by atoms with Crippen molar-refractivity contribution < 1.29 is 0 Å². The van der Waals surface area contributed by atoms with Gasteiger partial charge in [-0.2, -0.15) is 0 Å². The van der Waals surface area contributed by atoms with E-state index in [1.807, 2.05) is 0 Å². The lowest BCUT2D eigenvalue weighted by Gasteiger charge is -2.15. The van der Waals surface area contributed by atoms with Gasteiger partial charge in [0, 0.05) is 0 Å². The number of fused-ring (bicyclic) bond motifs is 1. The maximum Gasteiger partial charge on any atom is -0.0257 e. The molecule has 1 aliphatic carbocycles. The standard InChI is InChI=1S/C15H20/c1-12(2)7-8-13-9-10-14-5-3-4-6-15(14)11-13/h7-12H,3-6H2,1-2H3/b8-7+. The van der Waals surface area contributed by atoms with E-state index in [4.69, 9.17) is 0 Å². The summed E-state index contributed by atoms with van der Waals surface area (Å²) in [6.07, 6.45) is 9.81. The molecule has 2 rings (SSSR count). The van der Waals surface area contributed by atoms with E-state index < -0.39 is 0 Å². The Labute approximate surface area is 93.0 Å². The molecule has 0 amide bonds. The molecule has 0 N–H and O–H groups in total. The highest BCUT2D eigenvalue weighted by Gasteiger charge is 2.08. The topological polar surface area (TPSA) is 0 Å². The fourth-order valence-electron chi connectivity index (χ4n) is 2.16. The van der Waals surface area contributed by atoms with Crippen molar-refractivity contribution in [2.45, 2.75) is 39.5 Å². The smallest absolute Gasteiger partial charge is 0.0257 e. The summed E-state index contributed by atoms with van der Waals surface area (Å²) in [5.41, 5.74) is 4.51. The SMILES string of the molecule is CC(C)/C=C/c1ccc2c(c1)CCCC2. The van der Waals surface area contributed by atoms with Gasteiger partial charge in [0.1, 0.15) is 0 Å². The van der Waals surface area contributed by atoms with Gasteiger partial charge in [-0.15, -0.1) is 0 Å². The van der Waals surface area contributed by atoms with Crippen molar-refractivity contribution in [3.63, 3.8) is 0 Å². The van der Waals surface area contributed by atoms with Crippen LogP contribution >= 0.6 is 0 Å². The first-order valence-electron chi connectivity index (χ1n) is 6.06. The van der Waals surface area contributed by atoms with Crippen molar-refractivity contribution in [3.05, 3.63) is 41.0 Å². The minimum atomic E-state index is 0.640. The molecule has 0 aromatic heterocycles. The van der Waals surface area contributed by atoms with Gasteiger partial charge in [-0.05, 0) is 48.3 Å². The van der Waals surface area contributed by atoms with E-state index in [-0.39, 0.29) is 0 Å². The molecule has 15 heavy (non-hydrogen) atoms. The van der Waals surface area contributed by atoms with E-state index >= 15 is 0 Å². The Morgan fingerprint density at radius 3 is 2.53 bits per heavy atom. The number of hydrogen-bond acceptors (Lipinski definition) is 0. The third-order valence-electron chi connectivity index (χ3n) is 3.05. The van der Waals surface area contributed by atoms with Crippen molar-refractivity contribution in [2.75, 3.05) is 0 Å². The Kier molecular flexibility index (Phi) is 3.25. The van der Waals surface area contributed by atoms with Gasteiger partial charge in [-0.3, -0.25) is 0 Å². The van der Waals surface area contributed by atoms with Crippen LogP contribution in [-0.4, -0.2) is 0 Å². The molecule has 0 saturated heterocycles. The molecule has 1 aromatic carbocycles. The molecule has 0 aliphatic heterocycles. The second kappa shape index (κ2) is 4.65. The predicted molar refractivity (Wildman–Crippen MR) is 67.0 cm³/mol. The molecule has 0 bridgehead atoms. The van der Waals surface area contributed by atoms with Gasteiger partial charge in [0.05, 0.1) is 0 Å². The lowest BCUT2D eigenvalue weighted by Crippen LogP contribution is -2.02. The fourth-order valence-corrected chi connectivity index (χ4v) is 2.16. The monoisotopic (exact) mass is 200 g/mol. The second-order valence-electron chi connectivity index (χ2n) is 4.84. The number of hydrogen-bond donors (Lipinski definition) is 0. The van der Waals surface area contributed by atoms with Crippen LogP contribution in [0.3, 0.4) is 0 Å². The quantitative estimate of drug-likeness (QED) is 0.670. The largest absolute Gasteiger partial charge is 0.0814 e. The van der Waals surface area contributed by atoms with Gasteiger partial charge >= 0.3 is 0 Å². The Balaban J connectivity index is 2.20. The molecule has 0 atom stereocenters. The summed E-state index contributed by atoms with van der Waals surface area (Å²) in [6.45, 7) is 4.43. The van der Waals surface area contributed by atoms with Crippen molar-refractivity contribution >= 4 is 6.08 Å². The maximum absolute atomic E-state index is 2.37. The zero-order valence-electron chi connectivity index (χ0n) is 9.79. The average molecular weight is 200 g/mol. The third-order valence-corrected chi connectivity index (χ3v) is 3.05. The van der Waals surface area contributed by atoms with Crippen LogP contribution in [-0.2, 0) is 12.8 Å². The average Bonchev–Trinajstić information content (AvgIpc) is 2.26. The summed E-state index contributed by atoms with van der Waals surface area (Å²) in [7, 11) is 0. The summed E-state index contributed by atoms with van der Waals surface area (Å²) in [5.74, 6) is 0.640. The molecule has 1 aliphatic rings. The van der Waals surface area contributed by atoms with Crippen molar-refractivity contribution in [1.29, 1.82) is 0 Å². The zero-order chi connectivity index (χ0) is 10.7. The molecule has 0 radical (unpaired) electrons. The Hall–Kier alpha value is -1.04. The summed E-state index contributed by atoms with van der Waals surface area (Å²) >= 11 is 0. The first-order chi connectivity index (χ1) is 7.25. The molecule has 0 heteroatoms. The highest BCUT2D eigenvalue weighted by Crippen LogP contribution is 2.22. The van der Waals surface area contributed by atoms with Crippen molar-refractivity contribution in [3.8, 4) is 0 Å². The zero-order valence-corrected chi connectivity index (χ0v) is 9.79. The molecular weight excluding hydrogens is 180 g/mol. The van der Waals surface area contributed by atoms with Gasteiger partial charge in [0.2, 0.25) is 0 Å². The first kappa shape index (κ1) is 10.5. The fraction of sp³-hybridized carbons (Fsp3) is 0.467. The molecule has 80 valence electrons. The highest BCUT2D eigenvalue weighted by molar-refractivity contribution is 5.52. The van der Waals surface area contributed by atoms with Gasteiger partial charge < -0.3 is 0 Å². The highest BCUT2D eigenvalue weighted by atomic mass is 14.1. The minimum absolute atomic E-state index is 0.640. The third kappa shape index (κ3) is 2.71. The summed E-state index contributed by atoms with van der Waals surface area (Å²) < 4.78 is 0. The van der Waals surface area contributed by atoms with Crippen LogP contribution in [0.25, 0.3) is 6.08 Å². The van der Waals surface area contributed by atoms with E-state index in [2.05, 4.69) is 44.2 Å². The van der Waals surface area contributed by atoms with Crippen molar-refractivity contribution in [1.82, 2.24) is 0 Å². The molecule has 0 fully saturated rings. The molecule has 0 spiro atoms. The Bertz CT molecular complexity index is 358. The minimum Gasteiger partial charge on any atom is -0.0814 e. The van der Waals surface area contributed by atoms with Gasteiger partial charge in [-0.25, -0.2) is 0 Å². The number of aryl methyl sites for hydroxylation is 2. The van der Waals surface area contributed by atoms with E-state index in [9.17, 15) is 0 Å². The Morgan fingerprint density at radius 1 is 1.07 bits per heavy atom. The lowest BCUT2D eigenvalue weighted by atomic mass is 9.90. The number of rotatable bonds is 2. The van der Waals surface area contributed by atoms with E-state index in [1.165, 1.54) is 31.2 Å².